The van der Waals surface area contributed by atoms with Gasteiger partial charge in [-0.3, -0.25) is 9.69 Å². The first kappa shape index (κ1) is 42.1. The summed E-state index contributed by atoms with van der Waals surface area (Å²) in [6.45, 7) is 24.0. The van der Waals surface area contributed by atoms with Crippen LogP contribution >= 0.6 is 0 Å². The minimum atomic E-state index is -1.44. The molecule has 1 aromatic carbocycles. The molecule has 2 heterocycles. The van der Waals surface area contributed by atoms with Crippen LogP contribution in [0.2, 0.25) is 6.32 Å². The third-order valence-electron chi connectivity index (χ3n) is 9.43. The number of alkyl carbamates (subject to hydrolysis) is 1. The van der Waals surface area contributed by atoms with Crippen LogP contribution in [-0.4, -0.2) is 82.7 Å². The molecular weight excluding hydrogens is 653 g/mol. The molecule has 2 aliphatic heterocycles. The fourth-order valence-corrected chi connectivity index (χ4v) is 6.23. The second-order valence-electron chi connectivity index (χ2n) is 18.0. The van der Waals surface area contributed by atoms with Crippen LogP contribution in [0.5, 0.6) is 0 Å². The molecule has 0 bridgehead atoms. The summed E-state index contributed by atoms with van der Waals surface area (Å²) < 4.78 is 29.6. The number of esters is 1. The van der Waals surface area contributed by atoms with E-state index in [2.05, 4.69) is 10.6 Å². The molecule has 2 aliphatic rings. The number of rotatable bonds is 11. The van der Waals surface area contributed by atoms with Crippen molar-refractivity contribution < 1.29 is 42.7 Å². The Hall–Kier alpha value is -3.32. The quantitative estimate of drug-likeness (QED) is 0.110. The van der Waals surface area contributed by atoms with Crippen molar-refractivity contribution in [3.8, 4) is 0 Å². The van der Waals surface area contributed by atoms with Crippen LogP contribution in [0.15, 0.2) is 30.3 Å². The van der Waals surface area contributed by atoms with Crippen molar-refractivity contribution in [2.24, 2.45) is 5.41 Å². The fourth-order valence-electron chi connectivity index (χ4n) is 6.23. The molecule has 0 aromatic heterocycles. The van der Waals surface area contributed by atoms with Gasteiger partial charge in [-0.1, -0.05) is 63.9 Å². The summed E-state index contributed by atoms with van der Waals surface area (Å²) in [7, 11) is -0.402. The molecule has 3 amide bonds. The number of carbonyl (C=O) groups is 4. The van der Waals surface area contributed by atoms with Crippen LogP contribution in [-0.2, 0) is 39.7 Å². The lowest BCUT2D eigenvalue weighted by Gasteiger charge is -2.37. The molecule has 51 heavy (non-hydrogen) atoms. The average Bonchev–Trinajstić information content (AvgIpc) is 3.43. The first-order chi connectivity index (χ1) is 23.2. The van der Waals surface area contributed by atoms with Gasteiger partial charge in [0.15, 0.2) is 0 Å². The minimum Gasteiger partial charge on any atom is -0.459 e. The summed E-state index contributed by atoms with van der Waals surface area (Å²) in [4.78, 5) is 56.3. The van der Waals surface area contributed by atoms with E-state index in [1.165, 1.54) is 4.90 Å². The molecule has 0 spiro atoms. The summed E-state index contributed by atoms with van der Waals surface area (Å²) >= 11 is 0. The Bertz CT molecular complexity index is 1370. The van der Waals surface area contributed by atoms with Gasteiger partial charge in [0.2, 0.25) is 5.91 Å². The zero-order valence-electron chi connectivity index (χ0n) is 33.2. The number of carbonyl (C=O) groups excluding carboxylic acids is 4. The number of amides is 3. The average molecular weight is 716 g/mol. The molecule has 0 aliphatic carbocycles. The molecule has 12 nitrogen and oxygen atoms in total. The Morgan fingerprint density at radius 2 is 1.45 bits per heavy atom. The fraction of sp³-hybridized carbons (Fsp3) is 0.737. The Morgan fingerprint density at radius 3 is 1.98 bits per heavy atom. The van der Waals surface area contributed by atoms with Crippen molar-refractivity contribution in [3.63, 3.8) is 0 Å². The van der Waals surface area contributed by atoms with Gasteiger partial charge in [-0.2, -0.15) is 0 Å². The summed E-state index contributed by atoms with van der Waals surface area (Å²) in [5.41, 5.74) is -3.87. The first-order valence-corrected chi connectivity index (χ1v) is 18.1. The van der Waals surface area contributed by atoms with E-state index >= 15 is 0 Å². The number of unbranched alkanes of at least 4 members (excludes halogenated alkanes) is 1. The van der Waals surface area contributed by atoms with Crippen LogP contribution < -0.4 is 10.6 Å². The molecule has 2 N–H and O–H groups in total. The van der Waals surface area contributed by atoms with Crippen LogP contribution in [0.3, 0.4) is 0 Å². The van der Waals surface area contributed by atoms with Crippen molar-refractivity contribution in [1.29, 1.82) is 0 Å². The maximum Gasteiger partial charge on any atom is 0.457 e. The van der Waals surface area contributed by atoms with E-state index in [1.54, 1.807) is 41.5 Å². The number of hydrogen-bond acceptors (Lipinski definition) is 9. The predicted molar refractivity (Wildman–Crippen MR) is 196 cm³/mol. The van der Waals surface area contributed by atoms with E-state index in [0.29, 0.717) is 19.2 Å². The molecule has 3 atom stereocenters. The van der Waals surface area contributed by atoms with Crippen molar-refractivity contribution >= 4 is 31.2 Å². The maximum atomic E-state index is 14.3. The van der Waals surface area contributed by atoms with E-state index in [0.717, 1.165) is 5.56 Å². The van der Waals surface area contributed by atoms with Crippen molar-refractivity contribution in [3.05, 3.63) is 35.9 Å². The number of nitrogens with one attached hydrogen (secondary N) is 2. The highest BCUT2D eigenvalue weighted by atomic mass is 16.7. The van der Waals surface area contributed by atoms with Gasteiger partial charge in [-0.15, -0.1) is 0 Å². The van der Waals surface area contributed by atoms with Crippen LogP contribution in [0.1, 0.15) is 121 Å². The Kier molecular flexibility index (Phi) is 13.0. The van der Waals surface area contributed by atoms with Gasteiger partial charge in [0.1, 0.15) is 29.4 Å². The molecule has 1 unspecified atom stereocenters. The van der Waals surface area contributed by atoms with Crippen LogP contribution in [0.4, 0.5) is 9.59 Å². The SMILES string of the molecule is CC(C)(C)OC(=O)NC(C(=O)N[C@H]1CN(C(=O)OC(C)(C)C)[C@@](CCCCB2OC(C)(C)C(C)(C)O2)(C(=O)OCc2ccccc2)C1)C(C)(C)C. The molecule has 0 radical (unpaired) electrons. The molecule has 2 saturated heterocycles. The van der Waals surface area contributed by atoms with Gasteiger partial charge < -0.3 is 34.2 Å². The lowest BCUT2D eigenvalue weighted by Crippen LogP contribution is -2.56. The second-order valence-corrected chi connectivity index (χ2v) is 18.0. The summed E-state index contributed by atoms with van der Waals surface area (Å²) in [6.07, 6.45) is 0.723. The number of ether oxygens (including phenoxy) is 3. The molecule has 3 rings (SSSR count). The second kappa shape index (κ2) is 15.7. The molecule has 13 heteroatoms. The van der Waals surface area contributed by atoms with E-state index < -0.39 is 76.6 Å². The number of benzene rings is 1. The lowest BCUT2D eigenvalue weighted by atomic mass is 9.80. The maximum absolute atomic E-state index is 14.3. The number of hydrogen-bond donors (Lipinski definition) is 2. The summed E-state index contributed by atoms with van der Waals surface area (Å²) in [5, 5.41) is 5.75. The first-order valence-electron chi connectivity index (χ1n) is 18.1. The number of likely N-dealkylation sites (tertiary alicyclic amines) is 1. The van der Waals surface area contributed by atoms with Gasteiger partial charge in [-0.25, -0.2) is 14.4 Å². The van der Waals surface area contributed by atoms with E-state index in [9.17, 15) is 19.2 Å². The largest absolute Gasteiger partial charge is 0.459 e. The van der Waals surface area contributed by atoms with Gasteiger partial charge in [0.25, 0.3) is 0 Å². The topological polar surface area (TPSA) is 142 Å². The van der Waals surface area contributed by atoms with Crippen molar-refractivity contribution in [2.45, 2.75) is 169 Å². The zero-order valence-corrected chi connectivity index (χ0v) is 33.2. The Balaban J connectivity index is 1.90. The third kappa shape index (κ3) is 11.6. The molecular formula is C38H62BN3O9. The number of nitrogens with zero attached hydrogens (tertiary/aromatic N) is 1. The Labute approximate surface area is 305 Å². The van der Waals surface area contributed by atoms with Gasteiger partial charge in [0, 0.05) is 19.0 Å². The van der Waals surface area contributed by atoms with Crippen molar-refractivity contribution in [2.75, 3.05) is 6.54 Å². The summed E-state index contributed by atoms with van der Waals surface area (Å²) in [6, 6.07) is 7.70. The van der Waals surface area contributed by atoms with Gasteiger partial charge >= 0.3 is 25.3 Å². The van der Waals surface area contributed by atoms with Crippen LogP contribution in [0, 0.1) is 5.41 Å². The van der Waals surface area contributed by atoms with Gasteiger partial charge in [0.05, 0.1) is 11.2 Å². The van der Waals surface area contributed by atoms with Crippen molar-refractivity contribution in [1.82, 2.24) is 15.5 Å². The summed E-state index contributed by atoms with van der Waals surface area (Å²) in [5.74, 6) is -1.04. The zero-order chi connectivity index (χ0) is 38.6. The lowest BCUT2D eigenvalue weighted by molar-refractivity contribution is -0.158. The predicted octanol–water partition coefficient (Wildman–Crippen LogP) is 6.80. The molecule has 2 fully saturated rings. The smallest absolute Gasteiger partial charge is 0.457 e. The minimum absolute atomic E-state index is 0.00160. The van der Waals surface area contributed by atoms with E-state index in [4.69, 9.17) is 23.5 Å². The standard InChI is InChI=1S/C38H62BN3O9/c1-33(2,3)28(41-31(45)48-34(4,5)6)29(43)40-27-23-38(42(24-27)32(46)49-35(7,8)9,30(44)47-25-26-19-15-14-16-20-26)21-17-18-22-39-50-36(10,11)37(12,13)51-39/h14-16,19-20,27-28H,17-18,21-25H2,1-13H3,(H,40,43)(H,41,45)/t27-,28?,38-/m1/s1. The highest BCUT2D eigenvalue weighted by Crippen LogP contribution is 2.40. The highest BCUT2D eigenvalue weighted by molar-refractivity contribution is 6.45. The van der Waals surface area contributed by atoms with Gasteiger partial charge in [-0.05, 0) is 93.0 Å². The van der Waals surface area contributed by atoms with E-state index in [1.807, 2.05) is 78.8 Å². The highest BCUT2D eigenvalue weighted by Gasteiger charge is 2.56. The molecule has 0 saturated carbocycles. The monoisotopic (exact) mass is 715 g/mol. The van der Waals surface area contributed by atoms with E-state index in [-0.39, 0.29) is 26.0 Å². The molecule has 286 valence electrons. The van der Waals surface area contributed by atoms with Crippen LogP contribution in [0.25, 0.3) is 0 Å². The Morgan fingerprint density at radius 1 is 0.882 bits per heavy atom. The third-order valence-corrected chi connectivity index (χ3v) is 9.43. The molecule has 1 aromatic rings. The normalized spacial score (nSPS) is 22.3.